The molecule has 0 amide bonds. The Morgan fingerprint density at radius 1 is 1.06 bits per heavy atom. The SMILES string of the molecule is O=c1[nH]cc(F)c(=O)[nH]1.O=c1cn[nH]c(=O)[nH]1. The molecule has 0 saturated heterocycles. The molecule has 0 saturated carbocycles. The summed E-state index contributed by atoms with van der Waals surface area (Å²) in [5.74, 6) is -0.991. The summed E-state index contributed by atoms with van der Waals surface area (Å²) in [6.07, 6.45) is 1.70. The Morgan fingerprint density at radius 2 is 1.76 bits per heavy atom. The van der Waals surface area contributed by atoms with Gasteiger partial charge in [0.1, 0.15) is 6.20 Å². The predicted molar refractivity (Wildman–Crippen MR) is 53.1 cm³/mol. The van der Waals surface area contributed by atoms with Gasteiger partial charge in [-0.1, -0.05) is 0 Å². The molecule has 2 rings (SSSR count). The van der Waals surface area contributed by atoms with Crippen LogP contribution in [0, 0.1) is 5.82 Å². The summed E-state index contributed by atoms with van der Waals surface area (Å²) in [7, 11) is 0. The van der Waals surface area contributed by atoms with Gasteiger partial charge in [-0.2, -0.15) is 9.49 Å². The molecule has 0 unspecified atom stereocenters. The fourth-order valence-corrected chi connectivity index (χ4v) is 0.715. The molecule has 10 heteroatoms. The highest BCUT2D eigenvalue weighted by Crippen LogP contribution is 1.74. The van der Waals surface area contributed by atoms with Crippen LogP contribution in [-0.2, 0) is 0 Å². The van der Waals surface area contributed by atoms with E-state index in [-0.39, 0.29) is 0 Å². The van der Waals surface area contributed by atoms with E-state index in [4.69, 9.17) is 0 Å². The molecule has 0 radical (unpaired) electrons. The van der Waals surface area contributed by atoms with E-state index in [1.54, 1.807) is 4.98 Å². The molecule has 0 bridgehead atoms. The lowest BCUT2D eigenvalue weighted by molar-refractivity contribution is 0.597. The maximum Gasteiger partial charge on any atom is 0.342 e. The van der Waals surface area contributed by atoms with Crippen LogP contribution in [0.25, 0.3) is 0 Å². The highest BCUT2D eigenvalue weighted by Gasteiger charge is 1.93. The average molecular weight is 243 g/mol. The number of aromatic amines is 4. The number of rotatable bonds is 0. The van der Waals surface area contributed by atoms with Crippen molar-refractivity contribution in [3.63, 3.8) is 0 Å². The van der Waals surface area contributed by atoms with Crippen LogP contribution in [0.1, 0.15) is 0 Å². The van der Waals surface area contributed by atoms with Crippen molar-refractivity contribution in [2.45, 2.75) is 0 Å². The summed E-state index contributed by atoms with van der Waals surface area (Å²) in [4.78, 5) is 46.2. The number of H-pyrrole nitrogens is 4. The second-order valence-electron chi connectivity index (χ2n) is 2.61. The molecular formula is C7H6FN5O4. The van der Waals surface area contributed by atoms with Gasteiger partial charge in [-0.3, -0.25) is 19.6 Å². The fraction of sp³-hybridized carbons (Fsp3) is 0. The summed E-state index contributed by atoms with van der Waals surface area (Å²) >= 11 is 0. The zero-order valence-corrected chi connectivity index (χ0v) is 8.11. The topological polar surface area (TPSA) is 144 Å². The second kappa shape index (κ2) is 5.34. The summed E-state index contributed by atoms with van der Waals surface area (Å²) in [6.45, 7) is 0. The van der Waals surface area contributed by atoms with Crippen LogP contribution in [0.4, 0.5) is 4.39 Å². The van der Waals surface area contributed by atoms with Crippen LogP contribution in [0.5, 0.6) is 0 Å². The first-order valence-electron chi connectivity index (χ1n) is 4.10. The predicted octanol–water partition coefficient (Wildman–Crippen LogP) is -2.34. The molecule has 0 aliphatic rings. The number of nitrogens with zero attached hydrogens (tertiary/aromatic N) is 1. The Morgan fingerprint density at radius 3 is 2.18 bits per heavy atom. The number of halogens is 1. The lowest BCUT2D eigenvalue weighted by atomic mass is 10.6. The smallest absolute Gasteiger partial charge is 0.311 e. The Labute approximate surface area is 90.4 Å². The first-order chi connectivity index (χ1) is 7.99. The molecular weight excluding hydrogens is 237 g/mol. The highest BCUT2D eigenvalue weighted by molar-refractivity contribution is 4.83. The Bertz CT molecular complexity index is 686. The number of hydrogen-bond donors (Lipinski definition) is 4. The van der Waals surface area contributed by atoms with Crippen LogP contribution in [0.15, 0.2) is 31.6 Å². The largest absolute Gasteiger partial charge is 0.342 e. The van der Waals surface area contributed by atoms with Crippen molar-refractivity contribution in [2.24, 2.45) is 0 Å². The number of nitrogens with one attached hydrogen (secondary N) is 4. The van der Waals surface area contributed by atoms with Gasteiger partial charge in [0.15, 0.2) is 0 Å². The molecule has 0 atom stereocenters. The summed E-state index contributed by atoms with van der Waals surface area (Å²) in [5, 5.41) is 5.21. The maximum absolute atomic E-state index is 12.0. The molecule has 0 aliphatic carbocycles. The van der Waals surface area contributed by atoms with Gasteiger partial charge >= 0.3 is 11.4 Å². The van der Waals surface area contributed by atoms with Gasteiger partial charge < -0.3 is 4.98 Å². The quantitative estimate of drug-likeness (QED) is 0.409. The summed E-state index contributed by atoms with van der Waals surface area (Å²) in [6, 6.07) is 0. The van der Waals surface area contributed by atoms with Crippen molar-refractivity contribution in [3.05, 3.63) is 59.9 Å². The van der Waals surface area contributed by atoms with Crippen molar-refractivity contribution < 1.29 is 4.39 Å². The minimum absolute atomic E-state index is 0.492. The van der Waals surface area contributed by atoms with E-state index in [2.05, 4.69) is 5.10 Å². The average Bonchev–Trinajstić information content (AvgIpc) is 2.24. The molecule has 0 aliphatic heterocycles. The highest BCUT2D eigenvalue weighted by atomic mass is 19.1. The van der Waals surface area contributed by atoms with E-state index >= 15 is 0 Å². The standard InChI is InChI=1S/C4H3FN2O2.C3H3N3O2/c5-2-1-6-4(9)7-3(2)8;7-2-1-4-6-3(8)5-2/h1H,(H2,6,7,8,9);1H,(H2,5,6,7,8). The molecule has 2 aromatic rings. The number of hydrogen-bond acceptors (Lipinski definition) is 5. The molecule has 0 fully saturated rings. The minimum atomic E-state index is -1.00. The van der Waals surface area contributed by atoms with Crippen LogP contribution in [0.3, 0.4) is 0 Å². The minimum Gasteiger partial charge on any atom is -0.311 e. The zero-order valence-electron chi connectivity index (χ0n) is 8.11. The van der Waals surface area contributed by atoms with Crippen molar-refractivity contribution >= 4 is 0 Å². The molecule has 2 heterocycles. The van der Waals surface area contributed by atoms with Gasteiger partial charge in [0, 0.05) is 6.20 Å². The first-order valence-corrected chi connectivity index (χ1v) is 4.10. The summed E-state index contributed by atoms with van der Waals surface area (Å²) < 4.78 is 12.0. The van der Waals surface area contributed by atoms with Crippen molar-refractivity contribution in [3.8, 4) is 0 Å². The van der Waals surface area contributed by atoms with Crippen LogP contribution < -0.4 is 22.5 Å². The van der Waals surface area contributed by atoms with E-state index in [9.17, 15) is 23.6 Å². The van der Waals surface area contributed by atoms with E-state index in [0.29, 0.717) is 6.20 Å². The molecule has 90 valence electrons. The molecule has 9 nitrogen and oxygen atoms in total. The van der Waals surface area contributed by atoms with Crippen LogP contribution in [0.2, 0.25) is 0 Å². The van der Waals surface area contributed by atoms with Crippen molar-refractivity contribution in [1.82, 2.24) is 25.1 Å². The third-order valence-corrected chi connectivity index (χ3v) is 1.36. The van der Waals surface area contributed by atoms with Crippen molar-refractivity contribution in [1.29, 1.82) is 0 Å². The monoisotopic (exact) mass is 243 g/mol. The normalized spacial score (nSPS) is 9.24. The Balaban J connectivity index is 0.000000171. The Kier molecular flexibility index (Phi) is 3.86. The van der Waals surface area contributed by atoms with E-state index in [1.165, 1.54) is 0 Å². The third-order valence-electron chi connectivity index (χ3n) is 1.36. The molecule has 0 spiro atoms. The second-order valence-corrected chi connectivity index (χ2v) is 2.61. The Hall–Kier alpha value is -2.78. The fourth-order valence-electron chi connectivity index (χ4n) is 0.715. The van der Waals surface area contributed by atoms with Gasteiger partial charge in [-0.25, -0.2) is 14.7 Å². The van der Waals surface area contributed by atoms with Gasteiger partial charge in [0.25, 0.3) is 11.1 Å². The first kappa shape index (κ1) is 12.3. The molecule has 17 heavy (non-hydrogen) atoms. The van der Waals surface area contributed by atoms with Crippen LogP contribution in [-0.4, -0.2) is 25.1 Å². The molecule has 2 aromatic heterocycles. The maximum atomic E-state index is 12.0. The molecule has 0 aromatic carbocycles. The van der Waals surface area contributed by atoms with Gasteiger partial charge in [-0.05, 0) is 0 Å². The molecule has 4 N–H and O–H groups in total. The third kappa shape index (κ3) is 4.07. The van der Waals surface area contributed by atoms with E-state index in [1.807, 2.05) is 15.1 Å². The lowest BCUT2D eigenvalue weighted by Gasteiger charge is -1.81. The van der Waals surface area contributed by atoms with Gasteiger partial charge in [-0.15, -0.1) is 0 Å². The number of aromatic nitrogens is 5. The summed E-state index contributed by atoms with van der Waals surface area (Å²) in [5.41, 5.74) is -2.79. The van der Waals surface area contributed by atoms with Gasteiger partial charge in [0.05, 0.1) is 0 Å². The van der Waals surface area contributed by atoms with E-state index in [0.717, 1.165) is 6.20 Å². The lowest BCUT2D eigenvalue weighted by Crippen LogP contribution is -2.23. The van der Waals surface area contributed by atoms with Crippen LogP contribution >= 0.6 is 0 Å². The van der Waals surface area contributed by atoms with Crippen molar-refractivity contribution in [2.75, 3.05) is 0 Å². The van der Waals surface area contributed by atoms with Gasteiger partial charge in [0.2, 0.25) is 5.82 Å². The zero-order chi connectivity index (χ0) is 12.8. The van der Waals surface area contributed by atoms with E-state index < -0.39 is 28.3 Å².